The van der Waals surface area contributed by atoms with E-state index >= 15 is 0 Å². The maximum atomic E-state index is 6.27. The van der Waals surface area contributed by atoms with Gasteiger partial charge in [0.2, 0.25) is 0 Å². The predicted octanol–water partition coefficient (Wildman–Crippen LogP) is 6.10. The lowest BCUT2D eigenvalue weighted by molar-refractivity contribution is 0.0462. The van der Waals surface area contributed by atoms with Crippen LogP contribution < -0.4 is 9.80 Å². The lowest BCUT2D eigenvalue weighted by atomic mass is 9.97. The van der Waals surface area contributed by atoms with E-state index in [9.17, 15) is 0 Å². The molecule has 8 rings (SSSR count). The summed E-state index contributed by atoms with van der Waals surface area (Å²) in [5.41, 5.74) is 9.26. The number of epoxide rings is 2. The monoisotopic (exact) mass is 614 g/mol. The van der Waals surface area contributed by atoms with Gasteiger partial charge in [-0.2, -0.15) is 10.2 Å². The van der Waals surface area contributed by atoms with Crippen molar-refractivity contribution in [1.82, 2.24) is 0 Å². The number of rotatable bonds is 11. The number of anilines is 4. The molecule has 0 radical (unpaired) electrons. The Balaban J connectivity index is 0.982. The molecule has 0 bridgehead atoms. The zero-order valence-corrected chi connectivity index (χ0v) is 25.8. The van der Waals surface area contributed by atoms with E-state index in [1.807, 2.05) is 24.6 Å². The number of hydrogen-bond acceptors (Lipinski definition) is 8. The summed E-state index contributed by atoms with van der Waals surface area (Å²) in [4.78, 5) is 4.70. The topological polar surface area (TPSA) is 74.7 Å². The van der Waals surface area contributed by atoms with Gasteiger partial charge in [0.1, 0.15) is 12.2 Å². The molecule has 4 aromatic rings. The molecular weight excluding hydrogens is 576 g/mol. The van der Waals surface area contributed by atoms with Crippen LogP contribution in [0.2, 0.25) is 0 Å². The molecule has 8 heteroatoms. The molecule has 4 aliphatic heterocycles. The van der Waals surface area contributed by atoms with Crippen molar-refractivity contribution in [3.05, 3.63) is 119 Å². The summed E-state index contributed by atoms with van der Waals surface area (Å²) in [7, 11) is 0. The van der Waals surface area contributed by atoms with Crippen LogP contribution in [-0.4, -0.2) is 76.4 Å². The molecule has 0 amide bonds. The summed E-state index contributed by atoms with van der Waals surface area (Å²) < 4.78 is 23.3. The third kappa shape index (κ3) is 6.90. The molecule has 4 heterocycles. The Morgan fingerprint density at radius 2 is 1.04 bits per heavy atom. The predicted molar refractivity (Wildman–Crippen MR) is 181 cm³/mol. The quantitative estimate of drug-likeness (QED) is 0.116. The van der Waals surface area contributed by atoms with Crippen molar-refractivity contribution >= 4 is 35.2 Å². The van der Waals surface area contributed by atoms with Gasteiger partial charge in [0.25, 0.3) is 0 Å². The Morgan fingerprint density at radius 1 is 0.609 bits per heavy atom. The zero-order chi connectivity index (χ0) is 30.7. The highest BCUT2D eigenvalue weighted by molar-refractivity contribution is 5.85. The van der Waals surface area contributed by atoms with Gasteiger partial charge in [-0.1, -0.05) is 48.5 Å². The Bertz CT molecular complexity index is 1580. The van der Waals surface area contributed by atoms with Crippen molar-refractivity contribution in [2.24, 2.45) is 10.2 Å². The van der Waals surface area contributed by atoms with Gasteiger partial charge in [0, 0.05) is 48.7 Å². The van der Waals surface area contributed by atoms with Gasteiger partial charge in [-0.05, 0) is 70.8 Å². The zero-order valence-electron chi connectivity index (χ0n) is 25.8. The van der Waals surface area contributed by atoms with E-state index in [1.165, 1.54) is 22.5 Å². The maximum Gasteiger partial charge on any atom is 0.104 e. The summed E-state index contributed by atoms with van der Waals surface area (Å²) in [6.45, 7) is 4.52. The summed E-state index contributed by atoms with van der Waals surface area (Å²) in [6, 6.07) is 34.0. The minimum absolute atomic E-state index is 0.0935. The smallest absolute Gasteiger partial charge is 0.104 e. The first kappa shape index (κ1) is 29.1. The summed E-state index contributed by atoms with van der Waals surface area (Å²) in [6.07, 6.45) is 6.04. The first-order valence-corrected chi connectivity index (χ1v) is 16.2. The van der Waals surface area contributed by atoms with Gasteiger partial charge in [0.15, 0.2) is 0 Å². The second-order valence-corrected chi connectivity index (χ2v) is 12.4. The van der Waals surface area contributed by atoms with Crippen molar-refractivity contribution in [2.75, 3.05) is 49.3 Å². The van der Waals surface area contributed by atoms with Crippen LogP contribution in [0, 0.1) is 0 Å². The number of fused-ring (bicyclic) bond motifs is 2. The normalized spacial score (nSPS) is 23.5. The van der Waals surface area contributed by atoms with Crippen LogP contribution >= 0.6 is 0 Å². The van der Waals surface area contributed by atoms with Crippen LogP contribution in [-0.2, 0) is 31.8 Å². The lowest BCUT2D eigenvalue weighted by Crippen LogP contribution is -2.38. The molecule has 0 aromatic heterocycles. The Labute approximate surface area is 269 Å². The molecule has 0 N–H and O–H groups in total. The number of ether oxygens (including phenoxy) is 4. The molecule has 0 saturated carbocycles. The summed E-state index contributed by atoms with van der Waals surface area (Å²) in [5, 5.41) is 8.86. The molecule has 2 saturated heterocycles. The highest BCUT2D eigenvalue weighted by atomic mass is 16.6. The average Bonchev–Trinajstić information content (AvgIpc) is 4.04. The Kier molecular flexibility index (Phi) is 8.33. The first-order chi connectivity index (χ1) is 22.7. The van der Waals surface area contributed by atoms with Gasteiger partial charge in [-0.3, -0.25) is 0 Å². The molecule has 0 aliphatic carbocycles. The van der Waals surface area contributed by atoms with Crippen LogP contribution in [0.1, 0.15) is 22.3 Å². The lowest BCUT2D eigenvalue weighted by Gasteiger charge is -2.36. The third-order valence-corrected chi connectivity index (χ3v) is 8.91. The van der Waals surface area contributed by atoms with E-state index in [0.717, 1.165) is 61.6 Å². The number of nitrogens with zero attached hydrogens (tertiary/aromatic N) is 4. The van der Waals surface area contributed by atoms with Crippen LogP contribution in [0.4, 0.5) is 22.7 Å². The SMILES string of the molecule is C(=N\N=C\c1ccc2c(c1)CC(OCC1CO1)CN2c1ccccc1)/c1ccc2c(c1)CC(OCC1CO1)CN2c1ccccc1. The molecule has 0 spiro atoms. The van der Waals surface area contributed by atoms with Crippen LogP contribution in [0.3, 0.4) is 0 Å². The molecule has 4 aromatic carbocycles. The minimum atomic E-state index is 0.0935. The van der Waals surface area contributed by atoms with Gasteiger partial charge < -0.3 is 28.7 Å². The Hall–Kier alpha value is -4.34. The molecule has 4 unspecified atom stereocenters. The summed E-state index contributed by atoms with van der Waals surface area (Å²) >= 11 is 0. The standard InChI is InChI=1S/C38H38N4O4/c1-3-7-31(8-4-1)41-21-33(43-23-35-25-45-35)17-29-15-27(11-13-37(29)41)19-39-40-20-28-12-14-38-30(16-28)18-34(44-24-36-26-46-36)22-42(38)32-9-5-2-6-10-32/h1-16,19-20,33-36H,17-18,21-26H2/b39-19+,40-20+. The third-order valence-electron chi connectivity index (χ3n) is 8.91. The highest BCUT2D eigenvalue weighted by Gasteiger charge is 2.31. The van der Waals surface area contributed by atoms with Crippen LogP contribution in [0.5, 0.6) is 0 Å². The van der Waals surface area contributed by atoms with Crippen LogP contribution in [0.15, 0.2) is 107 Å². The molecule has 2 fully saturated rings. The highest BCUT2D eigenvalue weighted by Crippen LogP contribution is 2.36. The van der Waals surface area contributed by atoms with Crippen molar-refractivity contribution in [2.45, 2.75) is 37.3 Å². The van der Waals surface area contributed by atoms with Crippen molar-refractivity contribution in [1.29, 1.82) is 0 Å². The fraction of sp³-hybridized carbons (Fsp3) is 0.316. The average molecular weight is 615 g/mol. The number of benzene rings is 4. The van der Waals surface area contributed by atoms with E-state index in [-0.39, 0.29) is 24.4 Å². The largest absolute Gasteiger partial charge is 0.373 e. The number of para-hydroxylation sites is 2. The molecule has 4 atom stereocenters. The molecule has 46 heavy (non-hydrogen) atoms. The minimum Gasteiger partial charge on any atom is -0.373 e. The second kappa shape index (κ2) is 13.2. The van der Waals surface area contributed by atoms with Gasteiger partial charge >= 0.3 is 0 Å². The van der Waals surface area contributed by atoms with Gasteiger partial charge in [-0.25, -0.2) is 0 Å². The first-order valence-electron chi connectivity index (χ1n) is 16.2. The van der Waals surface area contributed by atoms with Crippen molar-refractivity contribution in [3.63, 3.8) is 0 Å². The molecule has 4 aliphatic rings. The Morgan fingerprint density at radius 3 is 1.46 bits per heavy atom. The van der Waals surface area contributed by atoms with E-state index in [1.54, 1.807) is 0 Å². The fourth-order valence-corrected chi connectivity index (χ4v) is 6.39. The van der Waals surface area contributed by atoms with Crippen LogP contribution in [0.25, 0.3) is 0 Å². The van der Waals surface area contributed by atoms with E-state index in [4.69, 9.17) is 18.9 Å². The fourth-order valence-electron chi connectivity index (χ4n) is 6.39. The molecular formula is C38H38N4O4. The molecule has 234 valence electrons. The maximum absolute atomic E-state index is 6.27. The molecule has 8 nitrogen and oxygen atoms in total. The van der Waals surface area contributed by atoms with Gasteiger partial charge in [0.05, 0.1) is 51.1 Å². The van der Waals surface area contributed by atoms with E-state index in [0.29, 0.717) is 13.2 Å². The van der Waals surface area contributed by atoms with Crippen molar-refractivity contribution < 1.29 is 18.9 Å². The summed E-state index contributed by atoms with van der Waals surface area (Å²) in [5.74, 6) is 0. The van der Waals surface area contributed by atoms with E-state index in [2.05, 4.69) is 105 Å². The van der Waals surface area contributed by atoms with Gasteiger partial charge in [-0.15, -0.1) is 0 Å². The second-order valence-electron chi connectivity index (χ2n) is 12.4. The number of hydrogen-bond donors (Lipinski definition) is 0. The van der Waals surface area contributed by atoms with E-state index < -0.39 is 0 Å². The van der Waals surface area contributed by atoms with Crippen molar-refractivity contribution in [3.8, 4) is 0 Å².